The van der Waals surface area contributed by atoms with Gasteiger partial charge in [0.2, 0.25) is 0 Å². The molecule has 2 amide bonds. The van der Waals surface area contributed by atoms with Crippen molar-refractivity contribution in [2.24, 2.45) is 0 Å². The van der Waals surface area contributed by atoms with Crippen LogP contribution in [0.2, 0.25) is 5.02 Å². The van der Waals surface area contributed by atoms with E-state index in [9.17, 15) is 9.59 Å². The maximum atomic E-state index is 13.7. The summed E-state index contributed by atoms with van der Waals surface area (Å²) in [5.74, 6) is 0.457. The number of rotatable bonds is 5. The molecular formula is C30H27ClN4O2. The molecule has 1 atom stereocenters. The lowest BCUT2D eigenvalue weighted by Gasteiger charge is -2.30. The van der Waals surface area contributed by atoms with E-state index < -0.39 is 6.04 Å². The number of carbonyl (C=O) groups excluding carboxylic acids is 1. The quantitative estimate of drug-likeness (QED) is 0.274. The Kier molecular flexibility index (Phi) is 6.68. The molecule has 7 heteroatoms. The number of amides is 2. The molecule has 1 aromatic heterocycles. The second-order valence-corrected chi connectivity index (χ2v) is 9.46. The minimum absolute atomic E-state index is 0.210. The van der Waals surface area contributed by atoms with Crippen LogP contribution in [0.25, 0.3) is 27.4 Å². The van der Waals surface area contributed by atoms with E-state index in [2.05, 4.69) is 5.32 Å². The van der Waals surface area contributed by atoms with Crippen LogP contribution in [-0.4, -0.2) is 27.0 Å². The summed E-state index contributed by atoms with van der Waals surface area (Å²) in [7, 11) is 0. The molecule has 1 N–H and O–H groups in total. The van der Waals surface area contributed by atoms with Gasteiger partial charge in [0.1, 0.15) is 5.82 Å². The Morgan fingerprint density at radius 1 is 1.00 bits per heavy atom. The van der Waals surface area contributed by atoms with E-state index in [1.807, 2.05) is 87.5 Å². The van der Waals surface area contributed by atoms with Crippen molar-refractivity contribution in [2.75, 3.05) is 11.9 Å². The molecule has 1 heterocycles. The molecule has 1 unspecified atom stereocenters. The molecular weight excluding hydrogens is 484 g/mol. The third-order valence-electron chi connectivity index (χ3n) is 6.62. The maximum absolute atomic E-state index is 13.7. The monoisotopic (exact) mass is 510 g/mol. The zero-order chi connectivity index (χ0) is 26.1. The molecule has 0 bridgehead atoms. The number of carbonyl (C=O) groups is 1. The Morgan fingerprint density at radius 3 is 2.49 bits per heavy atom. The lowest BCUT2D eigenvalue weighted by atomic mass is 10.1. The van der Waals surface area contributed by atoms with E-state index in [1.54, 1.807) is 27.7 Å². The van der Waals surface area contributed by atoms with Crippen LogP contribution in [0.1, 0.15) is 31.3 Å². The number of fused-ring (bicyclic) bond motifs is 2. The van der Waals surface area contributed by atoms with Crippen molar-refractivity contribution >= 4 is 45.0 Å². The van der Waals surface area contributed by atoms with Gasteiger partial charge < -0.3 is 10.2 Å². The maximum Gasteiger partial charge on any atom is 0.322 e. The summed E-state index contributed by atoms with van der Waals surface area (Å²) in [6, 6.07) is 25.7. The predicted octanol–water partition coefficient (Wildman–Crippen LogP) is 7.12. The number of nitrogens with zero attached hydrogens (tertiary/aromatic N) is 3. The fraction of sp³-hybridized carbons (Fsp3) is 0.167. The highest BCUT2D eigenvalue weighted by Crippen LogP contribution is 2.27. The van der Waals surface area contributed by atoms with Crippen LogP contribution in [0.3, 0.4) is 0 Å². The van der Waals surface area contributed by atoms with E-state index in [4.69, 9.17) is 16.6 Å². The van der Waals surface area contributed by atoms with E-state index in [1.165, 1.54) is 0 Å². The minimum Gasteiger partial charge on any atom is -0.315 e. The number of halogens is 1. The van der Waals surface area contributed by atoms with Crippen molar-refractivity contribution in [2.45, 2.75) is 26.8 Å². The van der Waals surface area contributed by atoms with E-state index in [-0.39, 0.29) is 11.6 Å². The number of hydrogen-bond donors (Lipinski definition) is 1. The first-order chi connectivity index (χ1) is 17.9. The molecule has 5 rings (SSSR count). The van der Waals surface area contributed by atoms with Crippen LogP contribution in [0, 0.1) is 6.92 Å². The molecule has 6 nitrogen and oxygen atoms in total. The summed E-state index contributed by atoms with van der Waals surface area (Å²) in [4.78, 5) is 33.8. The standard InChI is InChI=1S/C30H27ClN4O2/c1-4-34(30(37)33-26-11-7-9-21-8-5-6-10-24(21)26)20(3)28-32-27-18-22(31)14-17-25(27)29(36)35(28)23-15-12-19(2)13-16-23/h5-18,20H,4H2,1-3H3,(H,33,37). The smallest absolute Gasteiger partial charge is 0.315 e. The largest absolute Gasteiger partial charge is 0.322 e. The minimum atomic E-state index is -0.516. The third kappa shape index (κ3) is 4.68. The van der Waals surface area contributed by atoms with Crippen molar-refractivity contribution in [1.82, 2.24) is 14.5 Å². The predicted molar refractivity (Wildman–Crippen MR) is 151 cm³/mol. The topological polar surface area (TPSA) is 67.2 Å². The van der Waals surface area contributed by atoms with Crippen LogP contribution in [-0.2, 0) is 0 Å². The second kappa shape index (κ2) is 10.1. The molecule has 5 aromatic rings. The van der Waals surface area contributed by atoms with Gasteiger partial charge in [0.25, 0.3) is 5.56 Å². The zero-order valence-corrected chi connectivity index (χ0v) is 21.7. The van der Waals surface area contributed by atoms with Gasteiger partial charge >= 0.3 is 6.03 Å². The van der Waals surface area contributed by atoms with Crippen molar-refractivity contribution in [3.05, 3.63) is 112 Å². The van der Waals surface area contributed by atoms with Crippen molar-refractivity contribution < 1.29 is 4.79 Å². The third-order valence-corrected chi connectivity index (χ3v) is 6.86. The van der Waals surface area contributed by atoms with Gasteiger partial charge in [-0.15, -0.1) is 0 Å². The fourth-order valence-electron chi connectivity index (χ4n) is 4.65. The Bertz CT molecular complexity index is 1670. The summed E-state index contributed by atoms with van der Waals surface area (Å²) >= 11 is 6.23. The average molecular weight is 511 g/mol. The first-order valence-corrected chi connectivity index (χ1v) is 12.6. The van der Waals surface area contributed by atoms with Crippen molar-refractivity contribution in [1.29, 1.82) is 0 Å². The number of nitrogens with one attached hydrogen (secondary N) is 1. The zero-order valence-electron chi connectivity index (χ0n) is 20.9. The van der Waals surface area contributed by atoms with E-state index in [0.717, 1.165) is 22.0 Å². The van der Waals surface area contributed by atoms with Gasteiger partial charge in [0, 0.05) is 17.0 Å². The Morgan fingerprint density at radius 2 is 1.73 bits per heavy atom. The SMILES string of the molecule is CCN(C(=O)Nc1cccc2ccccc12)C(C)c1nc2cc(Cl)ccc2c(=O)n1-c1ccc(C)cc1. The number of benzene rings is 4. The molecule has 0 aliphatic carbocycles. The Labute approximate surface area is 220 Å². The molecule has 4 aromatic carbocycles. The van der Waals surface area contributed by atoms with Crippen molar-refractivity contribution in [3.63, 3.8) is 0 Å². The van der Waals surface area contributed by atoms with Gasteiger partial charge in [0.15, 0.2) is 0 Å². The lowest BCUT2D eigenvalue weighted by Crippen LogP contribution is -2.39. The second-order valence-electron chi connectivity index (χ2n) is 9.03. The first-order valence-electron chi connectivity index (χ1n) is 12.2. The van der Waals surface area contributed by atoms with E-state index in [0.29, 0.717) is 34.0 Å². The number of urea groups is 1. The van der Waals surface area contributed by atoms with Crippen LogP contribution in [0.5, 0.6) is 0 Å². The molecule has 0 saturated heterocycles. The average Bonchev–Trinajstić information content (AvgIpc) is 2.89. The Hall–Kier alpha value is -4.16. The first kappa shape index (κ1) is 24.5. The highest BCUT2D eigenvalue weighted by Gasteiger charge is 2.26. The summed E-state index contributed by atoms with van der Waals surface area (Å²) in [6.45, 7) is 6.20. The van der Waals surface area contributed by atoms with Crippen LogP contribution < -0.4 is 10.9 Å². The number of anilines is 1. The number of hydrogen-bond acceptors (Lipinski definition) is 3. The van der Waals surface area contributed by atoms with Crippen LogP contribution >= 0.6 is 11.6 Å². The highest BCUT2D eigenvalue weighted by molar-refractivity contribution is 6.31. The van der Waals surface area contributed by atoms with Gasteiger partial charge in [-0.2, -0.15) is 0 Å². The van der Waals surface area contributed by atoms with Gasteiger partial charge in [0.05, 0.1) is 28.3 Å². The number of aromatic nitrogens is 2. The number of aryl methyl sites for hydroxylation is 1. The summed E-state index contributed by atoms with van der Waals surface area (Å²) in [6.07, 6.45) is 0. The molecule has 0 aliphatic rings. The van der Waals surface area contributed by atoms with Gasteiger partial charge in [-0.05, 0) is 62.6 Å². The summed E-state index contributed by atoms with van der Waals surface area (Å²) in [5, 5.41) is 6.02. The highest BCUT2D eigenvalue weighted by atomic mass is 35.5. The van der Waals surface area contributed by atoms with Gasteiger partial charge in [-0.3, -0.25) is 9.36 Å². The molecule has 0 fully saturated rings. The fourth-order valence-corrected chi connectivity index (χ4v) is 4.82. The molecule has 0 aliphatic heterocycles. The molecule has 0 saturated carbocycles. The van der Waals surface area contributed by atoms with Crippen LogP contribution in [0.4, 0.5) is 10.5 Å². The summed E-state index contributed by atoms with van der Waals surface area (Å²) in [5.41, 5.74) is 2.78. The van der Waals surface area contributed by atoms with Crippen LogP contribution in [0.15, 0.2) is 89.7 Å². The molecule has 186 valence electrons. The lowest BCUT2D eigenvalue weighted by molar-refractivity contribution is 0.193. The normalized spacial score (nSPS) is 12.0. The Balaban J connectivity index is 1.60. The molecule has 0 radical (unpaired) electrons. The van der Waals surface area contributed by atoms with Crippen molar-refractivity contribution in [3.8, 4) is 5.69 Å². The van der Waals surface area contributed by atoms with E-state index >= 15 is 0 Å². The molecule has 37 heavy (non-hydrogen) atoms. The molecule has 0 spiro atoms. The van der Waals surface area contributed by atoms with Gasteiger partial charge in [-0.25, -0.2) is 9.78 Å². The summed E-state index contributed by atoms with van der Waals surface area (Å²) < 4.78 is 1.59. The van der Waals surface area contributed by atoms with Gasteiger partial charge in [-0.1, -0.05) is 65.7 Å².